The van der Waals surface area contributed by atoms with Gasteiger partial charge in [-0.25, -0.2) is 0 Å². The van der Waals surface area contributed by atoms with Crippen LogP contribution in [0.2, 0.25) is 5.02 Å². The number of aromatic nitrogens is 2. The second-order valence-corrected chi connectivity index (χ2v) is 4.88. The monoisotopic (exact) mass is 309 g/mol. The molecular formula is C14H16ClN3O3. The smallest absolute Gasteiger partial charge is 0.276 e. The quantitative estimate of drug-likeness (QED) is 0.943. The summed E-state index contributed by atoms with van der Waals surface area (Å²) in [6.07, 6.45) is 1.77. The first-order valence-corrected chi connectivity index (χ1v) is 6.57. The number of hydrogen-bond acceptors (Lipinski definition) is 4. The Morgan fingerprint density at radius 1 is 1.29 bits per heavy atom. The van der Waals surface area contributed by atoms with Crippen LogP contribution in [0.5, 0.6) is 11.5 Å². The van der Waals surface area contributed by atoms with Gasteiger partial charge in [-0.15, -0.1) is 0 Å². The molecule has 0 aliphatic heterocycles. The predicted octanol–water partition coefficient (Wildman–Crippen LogP) is 2.65. The lowest BCUT2D eigenvalue weighted by Crippen LogP contribution is -2.15. The number of anilines is 1. The normalized spacial score (nSPS) is 10.3. The molecule has 6 nitrogen and oxygen atoms in total. The van der Waals surface area contributed by atoms with E-state index in [1.807, 2.05) is 6.92 Å². The SMILES string of the molecule is COc1cc(NC(=O)c2nn(C)cc2C)c(OC)cc1Cl. The number of carbonyl (C=O) groups excluding carboxylic acids is 1. The molecule has 1 amide bonds. The van der Waals surface area contributed by atoms with Crippen LogP contribution in [-0.2, 0) is 7.05 Å². The van der Waals surface area contributed by atoms with Gasteiger partial charge in [0, 0.05) is 30.9 Å². The van der Waals surface area contributed by atoms with E-state index >= 15 is 0 Å². The summed E-state index contributed by atoms with van der Waals surface area (Å²) in [6.45, 7) is 1.82. The van der Waals surface area contributed by atoms with Crippen LogP contribution < -0.4 is 14.8 Å². The lowest BCUT2D eigenvalue weighted by Gasteiger charge is -2.12. The lowest BCUT2D eigenvalue weighted by molar-refractivity contribution is 0.102. The molecule has 2 rings (SSSR count). The minimum atomic E-state index is -0.323. The van der Waals surface area contributed by atoms with Crippen molar-refractivity contribution >= 4 is 23.2 Å². The van der Waals surface area contributed by atoms with Gasteiger partial charge in [-0.05, 0) is 6.92 Å². The number of amides is 1. The Bertz CT molecular complexity index is 682. The van der Waals surface area contributed by atoms with Crippen molar-refractivity contribution in [1.29, 1.82) is 0 Å². The van der Waals surface area contributed by atoms with Crippen LogP contribution in [0.15, 0.2) is 18.3 Å². The number of ether oxygens (including phenoxy) is 2. The summed E-state index contributed by atoms with van der Waals surface area (Å²) in [7, 11) is 4.76. The zero-order valence-corrected chi connectivity index (χ0v) is 13.0. The number of nitrogens with one attached hydrogen (secondary N) is 1. The highest BCUT2D eigenvalue weighted by atomic mass is 35.5. The molecule has 0 fully saturated rings. The standard InChI is InChI=1S/C14H16ClN3O3/c1-8-7-18(2)17-13(8)14(19)16-10-6-11(20-3)9(15)5-12(10)21-4/h5-7H,1-4H3,(H,16,19). The summed E-state index contributed by atoms with van der Waals surface area (Å²) in [4.78, 5) is 12.3. The molecule has 0 bridgehead atoms. The number of hydrogen-bond donors (Lipinski definition) is 1. The molecule has 21 heavy (non-hydrogen) atoms. The van der Waals surface area contributed by atoms with E-state index in [9.17, 15) is 4.79 Å². The van der Waals surface area contributed by atoms with Crippen molar-refractivity contribution in [1.82, 2.24) is 9.78 Å². The second-order valence-electron chi connectivity index (χ2n) is 4.48. The van der Waals surface area contributed by atoms with Crippen LogP contribution >= 0.6 is 11.6 Å². The molecule has 7 heteroatoms. The van der Waals surface area contributed by atoms with E-state index in [2.05, 4.69) is 10.4 Å². The minimum Gasteiger partial charge on any atom is -0.495 e. The molecule has 0 spiro atoms. The van der Waals surface area contributed by atoms with Crippen molar-refractivity contribution in [3.63, 3.8) is 0 Å². The fourth-order valence-electron chi connectivity index (χ4n) is 1.97. The minimum absolute atomic E-state index is 0.323. The summed E-state index contributed by atoms with van der Waals surface area (Å²) >= 11 is 6.03. The second kappa shape index (κ2) is 6.05. The van der Waals surface area contributed by atoms with Crippen molar-refractivity contribution in [2.24, 2.45) is 7.05 Å². The molecule has 0 aliphatic carbocycles. The lowest BCUT2D eigenvalue weighted by atomic mass is 10.2. The third kappa shape index (κ3) is 3.11. The molecule has 0 saturated carbocycles. The summed E-state index contributed by atoms with van der Waals surface area (Å²) < 4.78 is 11.9. The Balaban J connectivity index is 2.34. The molecule has 0 radical (unpaired) electrons. The first kappa shape index (κ1) is 15.2. The first-order valence-electron chi connectivity index (χ1n) is 6.19. The van der Waals surface area contributed by atoms with Gasteiger partial charge in [0.2, 0.25) is 0 Å². The number of halogens is 1. The molecular weight excluding hydrogens is 294 g/mol. The zero-order chi connectivity index (χ0) is 15.6. The van der Waals surface area contributed by atoms with Crippen LogP contribution in [0.3, 0.4) is 0 Å². The van der Waals surface area contributed by atoms with Crippen LogP contribution in [0.1, 0.15) is 16.1 Å². The molecule has 0 aliphatic rings. The topological polar surface area (TPSA) is 65.4 Å². The van der Waals surface area contributed by atoms with Crippen molar-refractivity contribution in [3.05, 3.63) is 34.6 Å². The van der Waals surface area contributed by atoms with Crippen LogP contribution in [0, 0.1) is 6.92 Å². The van der Waals surface area contributed by atoms with Crippen molar-refractivity contribution in [2.45, 2.75) is 6.92 Å². The van der Waals surface area contributed by atoms with E-state index in [0.717, 1.165) is 5.56 Å². The van der Waals surface area contributed by atoms with Gasteiger partial charge in [-0.1, -0.05) is 11.6 Å². The number of nitrogens with zero attached hydrogens (tertiary/aromatic N) is 2. The fraction of sp³-hybridized carbons (Fsp3) is 0.286. The number of methoxy groups -OCH3 is 2. The van der Waals surface area contributed by atoms with Gasteiger partial charge in [0.25, 0.3) is 5.91 Å². The highest BCUT2D eigenvalue weighted by molar-refractivity contribution is 6.32. The third-order valence-corrected chi connectivity index (χ3v) is 3.24. The van der Waals surface area contributed by atoms with E-state index in [0.29, 0.717) is 27.9 Å². The third-order valence-electron chi connectivity index (χ3n) is 2.95. The van der Waals surface area contributed by atoms with E-state index in [1.165, 1.54) is 14.2 Å². The Labute approximate surface area is 127 Å². The largest absolute Gasteiger partial charge is 0.495 e. The van der Waals surface area contributed by atoms with Gasteiger partial charge in [0.05, 0.1) is 24.9 Å². The fourth-order valence-corrected chi connectivity index (χ4v) is 2.20. The van der Waals surface area contributed by atoms with E-state index < -0.39 is 0 Å². The van der Waals surface area contributed by atoms with Gasteiger partial charge in [0.1, 0.15) is 11.5 Å². The maximum atomic E-state index is 12.3. The number of carbonyl (C=O) groups is 1. The van der Waals surface area contributed by atoms with Crippen LogP contribution in [0.4, 0.5) is 5.69 Å². The molecule has 1 aromatic carbocycles. The van der Waals surface area contributed by atoms with Crippen molar-refractivity contribution in [2.75, 3.05) is 19.5 Å². The molecule has 2 aromatic rings. The molecule has 0 unspecified atom stereocenters. The summed E-state index contributed by atoms with van der Waals surface area (Å²) in [5.41, 5.74) is 1.61. The predicted molar refractivity (Wildman–Crippen MR) is 80.5 cm³/mol. The summed E-state index contributed by atoms with van der Waals surface area (Å²) in [5, 5.41) is 7.29. The Morgan fingerprint density at radius 3 is 2.48 bits per heavy atom. The highest BCUT2D eigenvalue weighted by Gasteiger charge is 2.17. The van der Waals surface area contributed by atoms with Crippen molar-refractivity contribution in [3.8, 4) is 11.5 Å². The van der Waals surface area contributed by atoms with E-state index in [-0.39, 0.29) is 5.91 Å². The molecule has 1 aromatic heterocycles. The maximum absolute atomic E-state index is 12.3. The van der Waals surface area contributed by atoms with E-state index in [4.69, 9.17) is 21.1 Å². The maximum Gasteiger partial charge on any atom is 0.276 e. The Hall–Kier alpha value is -2.21. The van der Waals surface area contributed by atoms with Gasteiger partial charge in [-0.2, -0.15) is 5.10 Å². The van der Waals surface area contributed by atoms with E-state index in [1.54, 1.807) is 30.1 Å². The summed E-state index contributed by atoms with van der Waals surface area (Å²) in [6, 6.07) is 3.19. The average molecular weight is 310 g/mol. The van der Waals surface area contributed by atoms with Gasteiger partial charge >= 0.3 is 0 Å². The Morgan fingerprint density at radius 2 is 1.95 bits per heavy atom. The molecule has 0 saturated heterocycles. The highest BCUT2D eigenvalue weighted by Crippen LogP contribution is 2.36. The molecule has 1 N–H and O–H groups in total. The molecule has 112 valence electrons. The average Bonchev–Trinajstić information content (AvgIpc) is 2.79. The Kier molecular flexibility index (Phi) is 4.37. The number of rotatable bonds is 4. The number of benzene rings is 1. The molecule has 0 atom stereocenters. The number of aryl methyl sites for hydroxylation is 2. The van der Waals surface area contributed by atoms with Gasteiger partial charge < -0.3 is 14.8 Å². The zero-order valence-electron chi connectivity index (χ0n) is 12.2. The van der Waals surface area contributed by atoms with Crippen molar-refractivity contribution < 1.29 is 14.3 Å². The first-order chi connectivity index (χ1) is 9.96. The van der Waals surface area contributed by atoms with Crippen LogP contribution in [-0.4, -0.2) is 29.9 Å². The van der Waals surface area contributed by atoms with Gasteiger partial charge in [-0.3, -0.25) is 9.48 Å². The van der Waals surface area contributed by atoms with Crippen LogP contribution in [0.25, 0.3) is 0 Å². The van der Waals surface area contributed by atoms with Gasteiger partial charge in [0.15, 0.2) is 5.69 Å². The molecule has 1 heterocycles. The summed E-state index contributed by atoms with van der Waals surface area (Å²) in [5.74, 6) is 0.573.